The lowest BCUT2D eigenvalue weighted by molar-refractivity contribution is 0.0699. The topological polar surface area (TPSA) is 110 Å². The Labute approximate surface area is 187 Å². The van der Waals surface area contributed by atoms with E-state index >= 15 is 4.39 Å². The van der Waals surface area contributed by atoms with Gasteiger partial charge < -0.3 is 15.2 Å². The Morgan fingerprint density at radius 2 is 1.91 bits per heavy atom. The summed E-state index contributed by atoms with van der Waals surface area (Å²) in [4.78, 5) is 33.8. The van der Waals surface area contributed by atoms with Crippen molar-refractivity contribution in [2.45, 2.75) is 12.6 Å². The molecule has 5 rings (SSSR count). The maximum atomic E-state index is 15.1. The molecule has 4 aromatic rings. The van der Waals surface area contributed by atoms with E-state index in [1.165, 1.54) is 13.1 Å². The number of hydrogen-bond acceptors (Lipinski definition) is 4. The highest BCUT2D eigenvalue weighted by Gasteiger charge is 2.51. The van der Waals surface area contributed by atoms with E-state index in [2.05, 4.69) is 9.97 Å². The number of imidazole rings is 1. The van der Waals surface area contributed by atoms with E-state index in [4.69, 9.17) is 0 Å². The molecular formula is C24H19FN4O4. The predicted molar refractivity (Wildman–Crippen MR) is 120 cm³/mol. The number of amides is 2. The highest BCUT2D eigenvalue weighted by Crippen LogP contribution is 2.46. The minimum atomic E-state index is -2.00. The number of carbonyl (C=O) groups excluding carboxylic acids is 1. The molecule has 0 saturated heterocycles. The number of benzene rings is 3. The molecule has 33 heavy (non-hydrogen) atoms. The lowest BCUT2D eigenvalue weighted by Crippen LogP contribution is -2.45. The van der Waals surface area contributed by atoms with E-state index in [0.717, 1.165) is 9.80 Å². The lowest BCUT2D eigenvalue weighted by atomic mass is 9.93. The first-order valence-corrected chi connectivity index (χ1v) is 10.1. The minimum absolute atomic E-state index is 0.0466. The van der Waals surface area contributed by atoms with Gasteiger partial charge in [0, 0.05) is 23.7 Å². The predicted octanol–water partition coefficient (Wildman–Crippen LogP) is 3.98. The van der Waals surface area contributed by atoms with Crippen molar-refractivity contribution in [3.63, 3.8) is 0 Å². The van der Waals surface area contributed by atoms with Crippen LogP contribution in [0.3, 0.4) is 0 Å². The number of fused-ring (bicyclic) bond motifs is 2. The van der Waals surface area contributed by atoms with Gasteiger partial charge in [0.25, 0.3) is 5.91 Å². The van der Waals surface area contributed by atoms with Crippen LogP contribution in [0.1, 0.15) is 27.0 Å². The highest BCUT2D eigenvalue weighted by molar-refractivity contribution is 6.12. The molecule has 0 fully saturated rings. The molecule has 3 aromatic carbocycles. The Kier molecular flexibility index (Phi) is 4.47. The summed E-state index contributed by atoms with van der Waals surface area (Å²) in [6.45, 7) is 1.59. The van der Waals surface area contributed by atoms with Crippen LogP contribution in [-0.2, 0) is 5.72 Å². The second-order valence-electron chi connectivity index (χ2n) is 7.90. The van der Waals surface area contributed by atoms with Crippen LogP contribution in [0.5, 0.6) is 0 Å². The monoisotopic (exact) mass is 446 g/mol. The number of carbonyl (C=O) groups is 2. The normalized spacial score (nSPS) is 17.5. The van der Waals surface area contributed by atoms with Crippen molar-refractivity contribution in [2.24, 2.45) is 0 Å². The number of carboxylic acid groups (broad SMARTS) is 1. The number of aryl methyl sites for hydroxylation is 1. The van der Waals surface area contributed by atoms with Crippen molar-refractivity contribution in [3.8, 4) is 0 Å². The first-order valence-electron chi connectivity index (χ1n) is 10.1. The van der Waals surface area contributed by atoms with Crippen molar-refractivity contribution in [3.05, 3.63) is 88.7 Å². The van der Waals surface area contributed by atoms with Crippen LogP contribution in [-0.4, -0.2) is 39.2 Å². The average molecular weight is 446 g/mol. The molecule has 0 bridgehead atoms. The van der Waals surface area contributed by atoms with Crippen molar-refractivity contribution in [1.82, 2.24) is 9.97 Å². The Balaban J connectivity index is 1.74. The molecule has 3 N–H and O–H groups in total. The van der Waals surface area contributed by atoms with Crippen molar-refractivity contribution in [1.29, 1.82) is 0 Å². The van der Waals surface area contributed by atoms with Crippen LogP contribution in [0.15, 0.2) is 60.7 Å². The molecule has 2 heterocycles. The van der Waals surface area contributed by atoms with Gasteiger partial charge in [-0.15, -0.1) is 0 Å². The summed E-state index contributed by atoms with van der Waals surface area (Å²) in [5, 5.41) is 21.3. The number of aromatic nitrogens is 2. The minimum Gasteiger partial charge on any atom is -0.465 e. The summed E-state index contributed by atoms with van der Waals surface area (Å²) >= 11 is 0. The SMILES string of the molecule is Cc1cccc(N2C(=O)c3ccccc3C2(O)c2ccc3nc(N(C)C(=O)O)[nH]c3c2)c1F. The molecule has 1 aliphatic heterocycles. The summed E-state index contributed by atoms with van der Waals surface area (Å²) in [7, 11) is 1.35. The van der Waals surface area contributed by atoms with E-state index < -0.39 is 23.5 Å². The summed E-state index contributed by atoms with van der Waals surface area (Å²) in [6.07, 6.45) is -1.19. The first-order chi connectivity index (χ1) is 15.7. The Hall–Kier alpha value is -4.24. The average Bonchev–Trinajstić information content (AvgIpc) is 3.33. The third-order valence-electron chi connectivity index (χ3n) is 5.95. The Bertz CT molecular complexity index is 1450. The zero-order valence-electron chi connectivity index (χ0n) is 17.7. The molecule has 1 unspecified atom stereocenters. The quantitative estimate of drug-likeness (QED) is 0.441. The molecule has 9 heteroatoms. The van der Waals surface area contributed by atoms with E-state index in [1.54, 1.807) is 61.5 Å². The zero-order valence-corrected chi connectivity index (χ0v) is 17.7. The van der Waals surface area contributed by atoms with E-state index in [0.29, 0.717) is 27.7 Å². The van der Waals surface area contributed by atoms with Crippen LogP contribution >= 0.6 is 0 Å². The molecule has 0 radical (unpaired) electrons. The number of anilines is 2. The van der Waals surface area contributed by atoms with Crippen LogP contribution in [0.25, 0.3) is 11.0 Å². The fraction of sp³-hybridized carbons (Fsp3) is 0.125. The zero-order chi connectivity index (χ0) is 23.5. The molecule has 1 aliphatic rings. The van der Waals surface area contributed by atoms with E-state index in [1.807, 2.05) is 0 Å². The number of rotatable bonds is 3. The van der Waals surface area contributed by atoms with Gasteiger partial charge in [0.2, 0.25) is 5.95 Å². The van der Waals surface area contributed by atoms with Gasteiger partial charge in [-0.25, -0.2) is 14.2 Å². The number of H-pyrrole nitrogens is 1. The van der Waals surface area contributed by atoms with Gasteiger partial charge in [-0.3, -0.25) is 14.6 Å². The van der Waals surface area contributed by atoms with E-state index in [9.17, 15) is 19.8 Å². The van der Waals surface area contributed by atoms with Crippen LogP contribution in [0, 0.1) is 12.7 Å². The second-order valence-corrected chi connectivity index (χ2v) is 7.90. The summed E-state index contributed by atoms with van der Waals surface area (Å²) in [5.74, 6) is -1.04. The summed E-state index contributed by atoms with van der Waals surface area (Å²) < 4.78 is 15.1. The first kappa shape index (κ1) is 20.7. The van der Waals surface area contributed by atoms with Crippen LogP contribution in [0.4, 0.5) is 20.8 Å². The van der Waals surface area contributed by atoms with Gasteiger partial charge in [-0.05, 0) is 36.8 Å². The van der Waals surface area contributed by atoms with Gasteiger partial charge in [-0.2, -0.15) is 0 Å². The number of aromatic amines is 1. The van der Waals surface area contributed by atoms with Gasteiger partial charge in [0.15, 0.2) is 5.72 Å². The maximum Gasteiger partial charge on any atom is 0.413 e. The van der Waals surface area contributed by atoms with Crippen LogP contribution < -0.4 is 9.80 Å². The highest BCUT2D eigenvalue weighted by atomic mass is 19.1. The standard InChI is InChI=1S/C24H19FN4O4/c1-13-6-5-9-19(20(13)25)29-21(30)15-7-3-4-8-16(15)24(29,33)14-10-11-17-18(12-14)27-22(26-17)28(2)23(31)32/h3-12,33H,1-2H3,(H,26,27)(H,31,32). The molecular weight excluding hydrogens is 427 g/mol. The smallest absolute Gasteiger partial charge is 0.413 e. The third kappa shape index (κ3) is 2.90. The maximum absolute atomic E-state index is 15.1. The Morgan fingerprint density at radius 1 is 1.15 bits per heavy atom. The van der Waals surface area contributed by atoms with Crippen LogP contribution in [0.2, 0.25) is 0 Å². The largest absolute Gasteiger partial charge is 0.465 e. The van der Waals surface area contributed by atoms with Gasteiger partial charge in [0.1, 0.15) is 5.82 Å². The fourth-order valence-corrected chi connectivity index (χ4v) is 4.20. The van der Waals surface area contributed by atoms with Crippen molar-refractivity contribution < 1.29 is 24.2 Å². The van der Waals surface area contributed by atoms with Gasteiger partial charge in [-0.1, -0.05) is 36.4 Å². The summed E-state index contributed by atoms with van der Waals surface area (Å²) in [6, 6.07) is 16.0. The molecule has 8 nitrogen and oxygen atoms in total. The number of halogens is 1. The molecule has 0 saturated carbocycles. The fourth-order valence-electron chi connectivity index (χ4n) is 4.20. The molecule has 1 atom stereocenters. The van der Waals surface area contributed by atoms with E-state index in [-0.39, 0.29) is 17.2 Å². The summed E-state index contributed by atoms with van der Waals surface area (Å²) in [5.41, 5.74) is 0.0815. The van der Waals surface area contributed by atoms with Gasteiger partial charge in [0.05, 0.1) is 16.7 Å². The van der Waals surface area contributed by atoms with Gasteiger partial charge >= 0.3 is 6.09 Å². The number of aliphatic hydroxyl groups is 1. The van der Waals surface area contributed by atoms with Crippen molar-refractivity contribution in [2.75, 3.05) is 16.8 Å². The Morgan fingerprint density at radius 3 is 2.67 bits per heavy atom. The molecule has 1 aromatic heterocycles. The number of hydrogen-bond donors (Lipinski definition) is 3. The second kappa shape index (κ2) is 7.14. The lowest BCUT2D eigenvalue weighted by Gasteiger charge is -2.35. The molecule has 166 valence electrons. The van der Waals surface area contributed by atoms with Crippen molar-refractivity contribution >= 4 is 34.7 Å². The third-order valence-corrected chi connectivity index (χ3v) is 5.95. The molecule has 0 spiro atoms. The molecule has 2 amide bonds. The number of nitrogens with zero attached hydrogens (tertiary/aromatic N) is 3. The molecule has 0 aliphatic carbocycles. The number of nitrogens with one attached hydrogen (secondary N) is 1.